The van der Waals surface area contributed by atoms with Crippen LogP contribution in [0.15, 0.2) is 60.7 Å². The number of halogens is 2. The summed E-state index contributed by atoms with van der Waals surface area (Å²) in [6.07, 6.45) is 0. The molecule has 0 saturated heterocycles. The fraction of sp³-hybridized carbons (Fsp3) is 0.0476. The van der Waals surface area contributed by atoms with Gasteiger partial charge in [-0.2, -0.15) is 0 Å². The average molecular weight is 614 g/mol. The number of aromatic carboxylic acids is 1. The van der Waals surface area contributed by atoms with Gasteiger partial charge in [-0.3, -0.25) is 0 Å². The van der Waals surface area contributed by atoms with Crippen LogP contribution in [0, 0.1) is 7.14 Å². The smallest absolute Gasteiger partial charge is 0.338 e. The molecule has 6 nitrogen and oxygen atoms in total. The number of anilines is 4. The molecule has 0 fully saturated rings. The van der Waals surface area contributed by atoms with Gasteiger partial charge in [0.15, 0.2) is 0 Å². The Hall–Kier alpha value is -2.34. The first-order valence-electron chi connectivity index (χ1n) is 8.42. The van der Waals surface area contributed by atoms with Crippen molar-refractivity contribution < 1.29 is 19.4 Å². The number of carbonyl (C=O) groups excluding carboxylic acids is 1. The van der Waals surface area contributed by atoms with Crippen molar-refractivity contribution in [1.82, 2.24) is 0 Å². The van der Waals surface area contributed by atoms with Crippen molar-refractivity contribution in [3.05, 3.63) is 78.9 Å². The highest BCUT2D eigenvalue weighted by atomic mass is 127. The molecule has 3 N–H and O–H groups in total. The Bertz CT molecular complexity index is 1090. The number of esters is 1. The van der Waals surface area contributed by atoms with Crippen LogP contribution in [-0.2, 0) is 4.74 Å². The lowest BCUT2D eigenvalue weighted by molar-refractivity contribution is 0.0583. The molecular weight excluding hydrogens is 598 g/mol. The minimum atomic E-state index is -1.21. The van der Waals surface area contributed by atoms with Gasteiger partial charge in [0.25, 0.3) is 0 Å². The first-order chi connectivity index (χ1) is 13.9. The van der Waals surface area contributed by atoms with E-state index in [9.17, 15) is 14.7 Å². The Morgan fingerprint density at radius 3 is 1.72 bits per heavy atom. The molecule has 0 spiro atoms. The molecule has 148 valence electrons. The number of hydrogen-bond donors (Lipinski definition) is 3. The molecule has 0 bridgehead atoms. The van der Waals surface area contributed by atoms with E-state index in [2.05, 4.69) is 55.8 Å². The van der Waals surface area contributed by atoms with Crippen LogP contribution >= 0.6 is 45.2 Å². The maximum Gasteiger partial charge on any atom is 0.338 e. The molecule has 0 amide bonds. The van der Waals surface area contributed by atoms with Crippen LogP contribution in [0.4, 0.5) is 22.7 Å². The lowest BCUT2D eigenvalue weighted by Crippen LogP contribution is -2.12. The Morgan fingerprint density at radius 2 is 1.31 bits per heavy atom. The quantitative estimate of drug-likeness (QED) is 0.238. The SMILES string of the molecule is COC(=O)c1cc(Nc2cccc(I)c2)c(Nc2cccc(I)c2)cc1C(=O)O. The lowest BCUT2D eigenvalue weighted by Gasteiger charge is -2.17. The molecule has 0 heterocycles. The summed E-state index contributed by atoms with van der Waals surface area (Å²) in [4.78, 5) is 23.9. The van der Waals surface area contributed by atoms with Gasteiger partial charge in [0.2, 0.25) is 0 Å². The van der Waals surface area contributed by atoms with Crippen molar-refractivity contribution >= 4 is 79.9 Å². The third-order valence-electron chi connectivity index (χ3n) is 4.00. The third kappa shape index (κ3) is 5.38. The van der Waals surface area contributed by atoms with Crippen LogP contribution in [0.3, 0.4) is 0 Å². The Kier molecular flexibility index (Phi) is 6.96. The van der Waals surface area contributed by atoms with E-state index in [0.29, 0.717) is 11.4 Å². The normalized spacial score (nSPS) is 10.3. The standard InChI is InChI=1S/C21H16I2N2O4/c1-29-21(28)17-11-19(25-15-7-3-5-13(23)9-15)18(10-16(17)20(26)27)24-14-6-2-4-12(22)8-14/h2-11,24-25H,1H3,(H,26,27). The highest BCUT2D eigenvalue weighted by Crippen LogP contribution is 2.33. The van der Waals surface area contributed by atoms with E-state index in [0.717, 1.165) is 18.5 Å². The van der Waals surface area contributed by atoms with E-state index in [1.165, 1.54) is 19.2 Å². The van der Waals surface area contributed by atoms with E-state index in [4.69, 9.17) is 4.74 Å². The fourth-order valence-electron chi connectivity index (χ4n) is 2.71. The number of rotatable bonds is 6. The summed E-state index contributed by atoms with van der Waals surface area (Å²) in [5.74, 6) is -1.93. The van der Waals surface area contributed by atoms with Crippen LogP contribution in [0.25, 0.3) is 0 Å². The second kappa shape index (κ2) is 9.44. The van der Waals surface area contributed by atoms with Crippen LogP contribution in [0.5, 0.6) is 0 Å². The van der Waals surface area contributed by atoms with Gasteiger partial charge in [-0.1, -0.05) is 12.1 Å². The summed E-state index contributed by atoms with van der Waals surface area (Å²) < 4.78 is 6.84. The number of carboxylic acid groups (broad SMARTS) is 1. The van der Waals surface area contributed by atoms with Gasteiger partial charge >= 0.3 is 11.9 Å². The number of ether oxygens (including phenoxy) is 1. The third-order valence-corrected chi connectivity index (χ3v) is 5.34. The van der Waals surface area contributed by atoms with Crippen molar-refractivity contribution in [3.63, 3.8) is 0 Å². The van der Waals surface area contributed by atoms with Gasteiger partial charge in [0.1, 0.15) is 0 Å². The maximum absolute atomic E-state index is 12.2. The monoisotopic (exact) mass is 614 g/mol. The fourth-order valence-corrected chi connectivity index (χ4v) is 3.79. The molecule has 3 rings (SSSR count). The molecule has 29 heavy (non-hydrogen) atoms. The Balaban J connectivity index is 2.13. The predicted molar refractivity (Wildman–Crippen MR) is 130 cm³/mol. The van der Waals surface area contributed by atoms with Gasteiger partial charge in [-0.15, -0.1) is 0 Å². The van der Waals surface area contributed by atoms with E-state index in [-0.39, 0.29) is 11.1 Å². The molecule has 0 radical (unpaired) electrons. The summed E-state index contributed by atoms with van der Waals surface area (Å²) >= 11 is 4.41. The largest absolute Gasteiger partial charge is 0.478 e. The van der Waals surface area contributed by atoms with E-state index < -0.39 is 11.9 Å². The Morgan fingerprint density at radius 1 is 0.828 bits per heavy atom. The van der Waals surface area contributed by atoms with Crippen LogP contribution in [0.1, 0.15) is 20.7 Å². The van der Waals surface area contributed by atoms with Crippen LogP contribution in [-0.4, -0.2) is 24.2 Å². The average Bonchev–Trinajstić information content (AvgIpc) is 2.68. The van der Waals surface area contributed by atoms with Gasteiger partial charge in [-0.05, 0) is 93.7 Å². The summed E-state index contributed by atoms with van der Waals surface area (Å²) in [7, 11) is 1.22. The summed E-state index contributed by atoms with van der Waals surface area (Å²) in [5.41, 5.74) is 2.51. The van der Waals surface area contributed by atoms with E-state index >= 15 is 0 Å². The summed E-state index contributed by atoms with van der Waals surface area (Å²) in [6.45, 7) is 0. The van der Waals surface area contributed by atoms with Crippen LogP contribution in [0.2, 0.25) is 0 Å². The minimum Gasteiger partial charge on any atom is -0.478 e. The number of hydrogen-bond acceptors (Lipinski definition) is 5. The molecular formula is C21H16I2N2O4. The molecule has 0 aliphatic rings. The molecule has 0 saturated carbocycles. The van der Waals surface area contributed by atoms with Crippen molar-refractivity contribution in [1.29, 1.82) is 0 Å². The highest BCUT2D eigenvalue weighted by molar-refractivity contribution is 14.1. The summed E-state index contributed by atoms with van der Waals surface area (Å²) in [6, 6.07) is 18.3. The zero-order valence-electron chi connectivity index (χ0n) is 15.2. The number of carbonyl (C=O) groups is 2. The predicted octanol–water partition coefficient (Wildman–Crippen LogP) is 5.87. The lowest BCUT2D eigenvalue weighted by atomic mass is 10.0. The van der Waals surface area contributed by atoms with Crippen molar-refractivity contribution in [2.24, 2.45) is 0 Å². The minimum absolute atomic E-state index is 0.0266. The molecule has 0 atom stereocenters. The molecule has 0 aliphatic carbocycles. The molecule has 0 aromatic heterocycles. The first kappa shape index (κ1) is 21.4. The van der Waals surface area contributed by atoms with Gasteiger partial charge in [0.05, 0.1) is 29.6 Å². The van der Waals surface area contributed by atoms with Gasteiger partial charge < -0.3 is 20.5 Å². The second-order valence-corrected chi connectivity index (χ2v) is 8.50. The van der Waals surface area contributed by atoms with Gasteiger partial charge in [0, 0.05) is 18.5 Å². The molecule has 3 aromatic rings. The highest BCUT2D eigenvalue weighted by Gasteiger charge is 2.21. The number of methoxy groups -OCH3 is 1. The Labute approximate surface area is 194 Å². The van der Waals surface area contributed by atoms with Crippen molar-refractivity contribution in [2.75, 3.05) is 17.7 Å². The number of carboxylic acids is 1. The number of nitrogens with one attached hydrogen (secondary N) is 2. The van der Waals surface area contributed by atoms with E-state index in [1.54, 1.807) is 0 Å². The number of benzene rings is 3. The topological polar surface area (TPSA) is 87.7 Å². The second-order valence-electron chi connectivity index (χ2n) is 6.01. The molecule has 0 aliphatic heterocycles. The molecule has 3 aromatic carbocycles. The maximum atomic E-state index is 12.2. The van der Waals surface area contributed by atoms with Crippen molar-refractivity contribution in [2.45, 2.75) is 0 Å². The van der Waals surface area contributed by atoms with E-state index in [1.807, 2.05) is 48.5 Å². The molecule has 0 unspecified atom stereocenters. The zero-order chi connectivity index (χ0) is 21.0. The first-order valence-corrected chi connectivity index (χ1v) is 10.6. The zero-order valence-corrected chi connectivity index (χ0v) is 19.5. The summed E-state index contributed by atoms with van der Waals surface area (Å²) in [5, 5.41) is 16.1. The van der Waals surface area contributed by atoms with Crippen molar-refractivity contribution in [3.8, 4) is 0 Å². The van der Waals surface area contributed by atoms with Gasteiger partial charge in [-0.25, -0.2) is 9.59 Å². The van der Waals surface area contributed by atoms with Crippen LogP contribution < -0.4 is 10.6 Å². The molecule has 8 heteroatoms.